The van der Waals surface area contributed by atoms with E-state index < -0.39 is 0 Å². The molecule has 3 rings (SSSR count). The predicted octanol–water partition coefficient (Wildman–Crippen LogP) is 3.04. The Labute approximate surface area is 128 Å². The van der Waals surface area contributed by atoms with Gasteiger partial charge < -0.3 is 9.88 Å². The third-order valence-electron chi connectivity index (χ3n) is 3.40. The molecule has 0 radical (unpaired) electrons. The lowest BCUT2D eigenvalue weighted by atomic mass is 10.1. The molecule has 0 aliphatic rings. The van der Waals surface area contributed by atoms with Crippen LogP contribution in [0.1, 0.15) is 15.9 Å². The van der Waals surface area contributed by atoms with Crippen LogP contribution in [0.3, 0.4) is 0 Å². The van der Waals surface area contributed by atoms with E-state index in [0.29, 0.717) is 5.56 Å². The monoisotopic (exact) mass is 292 g/mol. The van der Waals surface area contributed by atoms with Gasteiger partial charge >= 0.3 is 0 Å². The highest BCUT2D eigenvalue weighted by Crippen LogP contribution is 2.20. The third-order valence-corrected chi connectivity index (χ3v) is 3.40. The van der Waals surface area contributed by atoms with E-state index in [9.17, 15) is 4.79 Å². The van der Waals surface area contributed by atoms with Gasteiger partial charge in [0.1, 0.15) is 6.33 Å². The maximum atomic E-state index is 12.2. The van der Waals surface area contributed by atoms with Gasteiger partial charge in [0.25, 0.3) is 5.91 Å². The molecule has 1 N–H and O–H groups in total. The summed E-state index contributed by atoms with van der Waals surface area (Å²) in [4.78, 5) is 12.2. The molecule has 0 spiro atoms. The van der Waals surface area contributed by atoms with Crippen LogP contribution in [0, 0.1) is 6.92 Å². The highest BCUT2D eigenvalue weighted by atomic mass is 16.1. The first-order chi connectivity index (χ1) is 10.6. The van der Waals surface area contributed by atoms with Gasteiger partial charge in [-0.05, 0) is 31.2 Å². The van der Waals surface area contributed by atoms with Gasteiger partial charge in [-0.15, -0.1) is 10.2 Å². The first-order valence-corrected chi connectivity index (χ1v) is 6.96. The second-order valence-corrected chi connectivity index (χ2v) is 5.17. The Morgan fingerprint density at radius 1 is 1.14 bits per heavy atom. The summed E-state index contributed by atoms with van der Waals surface area (Å²) in [5.74, 6) is 0.626. The number of hydrogen-bond acceptors (Lipinski definition) is 3. The topological polar surface area (TPSA) is 59.8 Å². The van der Waals surface area contributed by atoms with Crippen LogP contribution >= 0.6 is 0 Å². The number of anilines is 1. The minimum Gasteiger partial charge on any atom is -0.322 e. The number of benzene rings is 2. The Bertz CT molecular complexity index is 806. The number of aryl methyl sites for hydroxylation is 2. The van der Waals surface area contributed by atoms with Crippen LogP contribution in [0.2, 0.25) is 0 Å². The van der Waals surface area contributed by atoms with Crippen molar-refractivity contribution in [2.45, 2.75) is 6.92 Å². The zero-order valence-electron chi connectivity index (χ0n) is 12.4. The fraction of sp³-hybridized carbons (Fsp3) is 0.118. The Morgan fingerprint density at radius 2 is 1.91 bits per heavy atom. The standard InChI is InChI=1S/C17H16N4O/c1-12-6-8-13(9-7-12)17(22)19-15-5-3-4-14(10-15)16-20-18-11-21(16)2/h3-11H,1-2H3,(H,19,22). The predicted molar refractivity (Wildman–Crippen MR) is 85.6 cm³/mol. The second kappa shape index (κ2) is 5.81. The van der Waals surface area contributed by atoms with E-state index in [1.807, 2.05) is 67.1 Å². The molecule has 0 atom stereocenters. The van der Waals surface area contributed by atoms with Crippen LogP contribution in [0.4, 0.5) is 5.69 Å². The molecule has 22 heavy (non-hydrogen) atoms. The smallest absolute Gasteiger partial charge is 0.255 e. The summed E-state index contributed by atoms with van der Waals surface area (Å²) in [6.45, 7) is 1.99. The van der Waals surface area contributed by atoms with Crippen molar-refractivity contribution in [3.05, 3.63) is 66.0 Å². The highest BCUT2D eigenvalue weighted by Gasteiger charge is 2.08. The van der Waals surface area contributed by atoms with Crippen molar-refractivity contribution < 1.29 is 4.79 Å². The minimum atomic E-state index is -0.130. The van der Waals surface area contributed by atoms with Crippen LogP contribution in [0.25, 0.3) is 11.4 Å². The van der Waals surface area contributed by atoms with E-state index in [0.717, 1.165) is 22.6 Å². The summed E-state index contributed by atoms with van der Waals surface area (Å²) >= 11 is 0. The molecule has 0 unspecified atom stereocenters. The summed E-state index contributed by atoms with van der Waals surface area (Å²) in [6.07, 6.45) is 1.65. The fourth-order valence-corrected chi connectivity index (χ4v) is 2.19. The largest absolute Gasteiger partial charge is 0.322 e. The average Bonchev–Trinajstić information content (AvgIpc) is 2.94. The van der Waals surface area contributed by atoms with Gasteiger partial charge in [0.05, 0.1) is 0 Å². The van der Waals surface area contributed by atoms with E-state index >= 15 is 0 Å². The molecule has 5 nitrogen and oxygen atoms in total. The zero-order valence-corrected chi connectivity index (χ0v) is 12.4. The average molecular weight is 292 g/mol. The lowest BCUT2D eigenvalue weighted by Crippen LogP contribution is -2.11. The third kappa shape index (κ3) is 2.88. The van der Waals surface area contributed by atoms with E-state index in [2.05, 4.69) is 15.5 Å². The van der Waals surface area contributed by atoms with Crippen LogP contribution < -0.4 is 5.32 Å². The van der Waals surface area contributed by atoms with Gasteiger partial charge in [-0.2, -0.15) is 0 Å². The van der Waals surface area contributed by atoms with Crippen molar-refractivity contribution in [3.63, 3.8) is 0 Å². The molecule has 0 aliphatic carbocycles. The molecule has 0 saturated carbocycles. The minimum absolute atomic E-state index is 0.130. The van der Waals surface area contributed by atoms with Gasteiger partial charge in [-0.3, -0.25) is 4.79 Å². The van der Waals surface area contributed by atoms with E-state index in [1.54, 1.807) is 6.33 Å². The van der Waals surface area contributed by atoms with E-state index in [1.165, 1.54) is 0 Å². The Hall–Kier alpha value is -2.95. The molecule has 2 aromatic carbocycles. The van der Waals surface area contributed by atoms with Crippen molar-refractivity contribution in [3.8, 4) is 11.4 Å². The number of nitrogens with zero attached hydrogens (tertiary/aromatic N) is 3. The number of aromatic nitrogens is 3. The summed E-state index contributed by atoms with van der Waals surface area (Å²) in [6, 6.07) is 15.0. The fourth-order valence-electron chi connectivity index (χ4n) is 2.19. The number of nitrogens with one attached hydrogen (secondary N) is 1. The van der Waals surface area contributed by atoms with Crippen LogP contribution in [0.5, 0.6) is 0 Å². The molecular formula is C17H16N4O. The summed E-state index contributed by atoms with van der Waals surface area (Å²) in [7, 11) is 1.88. The number of hydrogen-bond donors (Lipinski definition) is 1. The molecular weight excluding hydrogens is 276 g/mol. The number of carbonyl (C=O) groups excluding carboxylic acids is 1. The SMILES string of the molecule is Cc1ccc(C(=O)Nc2cccc(-c3nncn3C)c2)cc1. The van der Waals surface area contributed by atoms with Crippen molar-refractivity contribution in [1.82, 2.24) is 14.8 Å². The normalized spacial score (nSPS) is 10.5. The Morgan fingerprint density at radius 3 is 2.59 bits per heavy atom. The van der Waals surface area contributed by atoms with Gasteiger partial charge in [0.15, 0.2) is 5.82 Å². The Balaban J connectivity index is 1.82. The molecule has 0 aliphatic heterocycles. The molecule has 1 amide bonds. The quantitative estimate of drug-likeness (QED) is 0.807. The van der Waals surface area contributed by atoms with Gasteiger partial charge in [-0.1, -0.05) is 29.8 Å². The first-order valence-electron chi connectivity index (χ1n) is 6.96. The van der Waals surface area contributed by atoms with Crippen molar-refractivity contribution in [2.24, 2.45) is 7.05 Å². The van der Waals surface area contributed by atoms with Gasteiger partial charge in [0, 0.05) is 23.9 Å². The van der Waals surface area contributed by atoms with Gasteiger partial charge in [0.2, 0.25) is 0 Å². The molecule has 0 saturated heterocycles. The van der Waals surface area contributed by atoms with E-state index in [-0.39, 0.29) is 5.91 Å². The number of carbonyl (C=O) groups is 1. The number of rotatable bonds is 3. The second-order valence-electron chi connectivity index (χ2n) is 5.17. The van der Waals surface area contributed by atoms with Crippen LogP contribution in [-0.4, -0.2) is 20.7 Å². The molecule has 1 heterocycles. The van der Waals surface area contributed by atoms with Crippen molar-refractivity contribution in [2.75, 3.05) is 5.32 Å². The molecule has 5 heteroatoms. The van der Waals surface area contributed by atoms with Crippen LogP contribution in [0.15, 0.2) is 54.9 Å². The maximum Gasteiger partial charge on any atom is 0.255 e. The molecule has 110 valence electrons. The molecule has 0 fully saturated rings. The lowest BCUT2D eigenvalue weighted by molar-refractivity contribution is 0.102. The summed E-state index contributed by atoms with van der Waals surface area (Å²) in [5.41, 5.74) is 3.39. The molecule has 1 aromatic heterocycles. The summed E-state index contributed by atoms with van der Waals surface area (Å²) < 4.78 is 1.83. The van der Waals surface area contributed by atoms with Gasteiger partial charge in [-0.25, -0.2) is 0 Å². The van der Waals surface area contributed by atoms with Crippen LogP contribution in [-0.2, 0) is 7.05 Å². The lowest BCUT2D eigenvalue weighted by Gasteiger charge is -2.07. The zero-order chi connectivity index (χ0) is 15.5. The Kier molecular flexibility index (Phi) is 3.70. The highest BCUT2D eigenvalue weighted by molar-refractivity contribution is 6.04. The van der Waals surface area contributed by atoms with Crippen molar-refractivity contribution in [1.29, 1.82) is 0 Å². The summed E-state index contributed by atoms with van der Waals surface area (Å²) in [5, 5.41) is 10.8. The maximum absolute atomic E-state index is 12.2. The van der Waals surface area contributed by atoms with Crippen molar-refractivity contribution >= 4 is 11.6 Å². The number of amides is 1. The molecule has 3 aromatic rings. The molecule has 0 bridgehead atoms. The van der Waals surface area contributed by atoms with E-state index in [4.69, 9.17) is 0 Å². The first kappa shape index (κ1) is 14.0.